The topological polar surface area (TPSA) is 67.6 Å². The van der Waals surface area contributed by atoms with Crippen LogP contribution in [-0.4, -0.2) is 40.9 Å². The number of aromatic nitrogens is 1. The molecule has 25 heavy (non-hydrogen) atoms. The molecule has 1 unspecified atom stereocenters. The van der Waals surface area contributed by atoms with Crippen LogP contribution in [0.25, 0.3) is 11.3 Å². The van der Waals surface area contributed by atoms with Crippen molar-refractivity contribution in [2.45, 2.75) is 44.6 Å². The summed E-state index contributed by atoms with van der Waals surface area (Å²) in [5.74, 6) is 0.885. The van der Waals surface area contributed by atoms with Gasteiger partial charge in [0.1, 0.15) is 17.5 Å². The van der Waals surface area contributed by atoms with Gasteiger partial charge in [-0.2, -0.15) is 0 Å². The molecule has 1 amide bonds. The Balaban J connectivity index is 1.35. The molecule has 2 aromatic rings. The van der Waals surface area contributed by atoms with E-state index in [4.69, 9.17) is 9.26 Å². The molecule has 2 saturated heterocycles. The quantitative estimate of drug-likeness (QED) is 0.926. The summed E-state index contributed by atoms with van der Waals surface area (Å²) in [6.07, 6.45) is 2.02. The lowest BCUT2D eigenvalue weighted by molar-refractivity contribution is -0.124. The number of hydrogen-bond acceptors (Lipinski definition) is 5. The summed E-state index contributed by atoms with van der Waals surface area (Å²) in [5.41, 5.74) is 1.45. The molecule has 4 rings (SSSR count). The zero-order valence-corrected chi connectivity index (χ0v) is 14.4. The summed E-state index contributed by atoms with van der Waals surface area (Å²) in [7, 11) is 0. The van der Waals surface area contributed by atoms with Gasteiger partial charge in [0, 0.05) is 37.6 Å². The van der Waals surface area contributed by atoms with E-state index in [0.29, 0.717) is 0 Å². The highest BCUT2D eigenvalue weighted by Gasteiger charge is 2.46. The highest BCUT2D eigenvalue weighted by atomic mass is 16.5. The Morgan fingerprint density at radius 3 is 2.72 bits per heavy atom. The second-order valence-electron chi connectivity index (χ2n) is 6.82. The first-order valence-electron chi connectivity index (χ1n) is 8.91. The molecular formula is C19H23N3O3. The molecule has 6 nitrogen and oxygen atoms in total. The summed E-state index contributed by atoms with van der Waals surface area (Å²) in [6.45, 7) is 4.42. The minimum atomic E-state index is -0.467. The predicted molar refractivity (Wildman–Crippen MR) is 92.5 cm³/mol. The van der Waals surface area contributed by atoms with Crippen molar-refractivity contribution >= 4 is 5.91 Å². The predicted octanol–water partition coefficient (Wildman–Crippen LogP) is 2.56. The zero-order valence-electron chi connectivity index (χ0n) is 14.4. The molecule has 1 atom stereocenters. The number of carbonyl (C=O) groups excluding carboxylic acids is 1. The van der Waals surface area contributed by atoms with Gasteiger partial charge >= 0.3 is 0 Å². The van der Waals surface area contributed by atoms with Crippen LogP contribution in [0.15, 0.2) is 40.9 Å². The number of piperidine rings is 1. The Morgan fingerprint density at radius 1 is 1.28 bits per heavy atom. The van der Waals surface area contributed by atoms with Gasteiger partial charge in [-0.1, -0.05) is 42.4 Å². The maximum absolute atomic E-state index is 11.9. The van der Waals surface area contributed by atoms with Crippen molar-refractivity contribution in [3.63, 3.8) is 0 Å². The smallest absolute Gasteiger partial charge is 0.251 e. The SMILES string of the molecule is CCC1OC2(CCN(Cc3cc(-c4ccccc4)no3)CC2)NC1=O. The fraction of sp³-hybridized carbons (Fsp3) is 0.474. The van der Waals surface area contributed by atoms with Crippen molar-refractivity contribution in [3.05, 3.63) is 42.2 Å². The average Bonchev–Trinajstić information content (AvgIpc) is 3.23. The van der Waals surface area contributed by atoms with Gasteiger partial charge in [0.25, 0.3) is 5.91 Å². The minimum Gasteiger partial charge on any atom is -0.359 e. The van der Waals surface area contributed by atoms with Crippen LogP contribution in [0, 0.1) is 0 Å². The van der Waals surface area contributed by atoms with Crippen LogP contribution < -0.4 is 5.32 Å². The van der Waals surface area contributed by atoms with Gasteiger partial charge in [0.05, 0.1) is 6.54 Å². The second-order valence-corrected chi connectivity index (χ2v) is 6.82. The number of nitrogens with one attached hydrogen (secondary N) is 1. The van der Waals surface area contributed by atoms with Crippen molar-refractivity contribution < 1.29 is 14.1 Å². The van der Waals surface area contributed by atoms with E-state index in [1.165, 1.54) is 0 Å². The summed E-state index contributed by atoms with van der Waals surface area (Å²) in [5, 5.41) is 7.23. The zero-order chi connectivity index (χ0) is 17.3. The van der Waals surface area contributed by atoms with Gasteiger partial charge in [0.2, 0.25) is 0 Å². The third-order valence-electron chi connectivity index (χ3n) is 5.05. The lowest BCUT2D eigenvalue weighted by Gasteiger charge is -2.38. The Bertz CT molecular complexity index is 735. The number of hydrogen-bond donors (Lipinski definition) is 1. The van der Waals surface area contributed by atoms with Crippen molar-refractivity contribution in [1.29, 1.82) is 0 Å². The van der Waals surface area contributed by atoms with Crippen LogP contribution in [0.4, 0.5) is 0 Å². The standard InChI is InChI=1S/C19H23N3O3/c1-2-17-18(23)20-19(24-17)8-10-22(11-9-19)13-15-12-16(21-25-15)14-6-4-3-5-7-14/h3-7,12,17H,2,8-11,13H2,1H3,(H,20,23). The van der Waals surface area contributed by atoms with Crippen LogP contribution in [-0.2, 0) is 16.1 Å². The average molecular weight is 341 g/mol. The normalized spacial score (nSPS) is 23.1. The Hall–Kier alpha value is -2.18. The number of ether oxygens (including phenoxy) is 1. The summed E-state index contributed by atoms with van der Waals surface area (Å²) < 4.78 is 11.5. The number of rotatable bonds is 4. The molecule has 1 spiro atoms. The molecule has 1 aromatic heterocycles. The van der Waals surface area contributed by atoms with Crippen LogP contribution in [0.2, 0.25) is 0 Å². The molecule has 6 heteroatoms. The van der Waals surface area contributed by atoms with Crippen LogP contribution in [0.5, 0.6) is 0 Å². The molecule has 2 aliphatic rings. The van der Waals surface area contributed by atoms with Gasteiger partial charge < -0.3 is 14.6 Å². The van der Waals surface area contributed by atoms with E-state index >= 15 is 0 Å². The molecule has 2 aliphatic heterocycles. The highest BCUT2D eigenvalue weighted by Crippen LogP contribution is 2.31. The largest absolute Gasteiger partial charge is 0.359 e. The number of benzene rings is 1. The molecule has 0 saturated carbocycles. The minimum absolute atomic E-state index is 0.0266. The summed E-state index contributed by atoms with van der Waals surface area (Å²) >= 11 is 0. The lowest BCUT2D eigenvalue weighted by Crippen LogP contribution is -2.51. The Morgan fingerprint density at radius 2 is 2.04 bits per heavy atom. The number of amides is 1. The summed E-state index contributed by atoms with van der Waals surface area (Å²) in [6, 6.07) is 12.0. The Kier molecular flexibility index (Phi) is 4.31. The molecule has 132 valence electrons. The molecular weight excluding hydrogens is 318 g/mol. The second kappa shape index (κ2) is 6.61. The maximum atomic E-state index is 11.9. The van der Waals surface area contributed by atoms with E-state index in [1.807, 2.05) is 43.3 Å². The van der Waals surface area contributed by atoms with E-state index in [1.54, 1.807) is 0 Å². The van der Waals surface area contributed by atoms with Crippen molar-refractivity contribution in [3.8, 4) is 11.3 Å². The van der Waals surface area contributed by atoms with Crippen molar-refractivity contribution in [2.75, 3.05) is 13.1 Å². The fourth-order valence-electron chi connectivity index (χ4n) is 3.60. The number of nitrogens with zero attached hydrogens (tertiary/aromatic N) is 2. The monoisotopic (exact) mass is 341 g/mol. The molecule has 3 heterocycles. The van der Waals surface area contributed by atoms with Crippen LogP contribution in [0.1, 0.15) is 31.9 Å². The first kappa shape index (κ1) is 16.3. The van der Waals surface area contributed by atoms with Gasteiger partial charge in [-0.3, -0.25) is 9.69 Å². The molecule has 1 N–H and O–H groups in total. The van der Waals surface area contributed by atoms with E-state index in [9.17, 15) is 4.79 Å². The van der Waals surface area contributed by atoms with Gasteiger partial charge in [-0.25, -0.2) is 0 Å². The highest BCUT2D eigenvalue weighted by molar-refractivity contribution is 5.83. The van der Waals surface area contributed by atoms with E-state index in [0.717, 1.165) is 55.9 Å². The van der Waals surface area contributed by atoms with Crippen molar-refractivity contribution in [1.82, 2.24) is 15.4 Å². The van der Waals surface area contributed by atoms with Crippen LogP contribution >= 0.6 is 0 Å². The number of likely N-dealkylation sites (tertiary alicyclic amines) is 1. The van der Waals surface area contributed by atoms with E-state index in [2.05, 4.69) is 15.4 Å². The third-order valence-corrected chi connectivity index (χ3v) is 5.05. The molecule has 0 bridgehead atoms. The molecule has 1 aromatic carbocycles. The Labute approximate surface area is 147 Å². The van der Waals surface area contributed by atoms with E-state index < -0.39 is 5.72 Å². The van der Waals surface area contributed by atoms with Crippen molar-refractivity contribution in [2.24, 2.45) is 0 Å². The van der Waals surface area contributed by atoms with Gasteiger partial charge in [-0.05, 0) is 6.42 Å². The van der Waals surface area contributed by atoms with Crippen LogP contribution in [0.3, 0.4) is 0 Å². The molecule has 0 aliphatic carbocycles. The maximum Gasteiger partial charge on any atom is 0.251 e. The first-order chi connectivity index (χ1) is 12.2. The van der Waals surface area contributed by atoms with Gasteiger partial charge in [-0.15, -0.1) is 0 Å². The summed E-state index contributed by atoms with van der Waals surface area (Å²) in [4.78, 5) is 14.2. The fourth-order valence-corrected chi connectivity index (χ4v) is 3.60. The first-order valence-corrected chi connectivity index (χ1v) is 8.91. The van der Waals surface area contributed by atoms with E-state index in [-0.39, 0.29) is 12.0 Å². The lowest BCUT2D eigenvalue weighted by atomic mass is 10.0. The molecule has 2 fully saturated rings. The van der Waals surface area contributed by atoms with Gasteiger partial charge in [0.15, 0.2) is 5.76 Å². The molecule has 0 radical (unpaired) electrons. The number of carbonyl (C=O) groups is 1. The third kappa shape index (κ3) is 3.32.